The fourth-order valence-electron chi connectivity index (χ4n) is 3.82. The molecule has 0 spiro atoms. The van der Waals surface area contributed by atoms with Gasteiger partial charge in [0.15, 0.2) is 0 Å². The van der Waals surface area contributed by atoms with E-state index in [1.165, 1.54) is 30.4 Å². The van der Waals surface area contributed by atoms with Crippen LogP contribution >= 0.6 is 0 Å². The van der Waals surface area contributed by atoms with E-state index < -0.39 is 0 Å². The van der Waals surface area contributed by atoms with Gasteiger partial charge in [-0.15, -0.1) is 0 Å². The quantitative estimate of drug-likeness (QED) is 0.877. The third-order valence-corrected chi connectivity index (χ3v) is 4.95. The van der Waals surface area contributed by atoms with Gasteiger partial charge in [0.25, 0.3) is 0 Å². The number of benzene rings is 1. The highest BCUT2D eigenvalue weighted by atomic mass is 16.5. The van der Waals surface area contributed by atoms with Gasteiger partial charge in [0.1, 0.15) is 0 Å². The molecule has 1 atom stereocenters. The zero-order valence-corrected chi connectivity index (χ0v) is 12.2. The fraction of sp³-hybridized carbons (Fsp3) is 0.471. The zero-order chi connectivity index (χ0) is 14.2. The molecule has 2 heterocycles. The molecule has 110 valence electrons. The van der Waals surface area contributed by atoms with Crippen molar-refractivity contribution in [1.82, 2.24) is 14.6 Å². The summed E-state index contributed by atoms with van der Waals surface area (Å²) in [6, 6.07) is 8.95. The van der Waals surface area contributed by atoms with Crippen LogP contribution in [-0.2, 0) is 0 Å². The third kappa shape index (κ3) is 2.19. The Morgan fingerprint density at radius 1 is 1.19 bits per heavy atom. The number of hydroxylamine groups is 2. The summed E-state index contributed by atoms with van der Waals surface area (Å²) in [5, 5.41) is 12.1. The number of aromatic nitrogens is 2. The number of hydrogen-bond donors (Lipinski definition) is 1. The van der Waals surface area contributed by atoms with Crippen molar-refractivity contribution in [3.05, 3.63) is 42.4 Å². The maximum Gasteiger partial charge on any atom is 0.0957 e. The van der Waals surface area contributed by atoms with Crippen LogP contribution in [0.5, 0.6) is 0 Å². The molecule has 1 saturated carbocycles. The summed E-state index contributed by atoms with van der Waals surface area (Å²) in [4.78, 5) is 4.28. The van der Waals surface area contributed by atoms with Crippen molar-refractivity contribution in [2.24, 2.45) is 0 Å². The lowest BCUT2D eigenvalue weighted by molar-refractivity contribution is -0.139. The number of hydrogen-bond acceptors (Lipinski definition) is 3. The van der Waals surface area contributed by atoms with Crippen LogP contribution in [0.1, 0.15) is 43.7 Å². The Hall–Kier alpha value is -1.65. The van der Waals surface area contributed by atoms with Crippen molar-refractivity contribution in [2.75, 3.05) is 6.54 Å². The summed E-state index contributed by atoms with van der Waals surface area (Å²) in [5.74, 6) is 0. The Morgan fingerprint density at radius 3 is 2.86 bits per heavy atom. The first-order valence-electron chi connectivity index (χ1n) is 7.91. The highest BCUT2D eigenvalue weighted by Gasteiger charge is 2.31. The summed E-state index contributed by atoms with van der Waals surface area (Å²) < 4.78 is 2.19. The van der Waals surface area contributed by atoms with E-state index in [2.05, 4.69) is 33.8 Å². The van der Waals surface area contributed by atoms with Crippen LogP contribution in [0.2, 0.25) is 0 Å². The van der Waals surface area contributed by atoms with E-state index >= 15 is 0 Å². The average molecular weight is 283 g/mol. The van der Waals surface area contributed by atoms with Crippen molar-refractivity contribution in [1.29, 1.82) is 0 Å². The smallest absolute Gasteiger partial charge is 0.0957 e. The average Bonchev–Trinajstić information content (AvgIpc) is 3.11. The van der Waals surface area contributed by atoms with Crippen molar-refractivity contribution < 1.29 is 5.21 Å². The molecule has 1 aliphatic heterocycles. The van der Waals surface area contributed by atoms with Crippen molar-refractivity contribution in [2.45, 2.75) is 44.2 Å². The predicted octanol–water partition coefficient (Wildman–Crippen LogP) is 3.48. The maximum absolute atomic E-state index is 10.5. The molecule has 1 aromatic heterocycles. The molecule has 1 aliphatic carbocycles. The van der Waals surface area contributed by atoms with Crippen LogP contribution in [0.15, 0.2) is 36.8 Å². The lowest BCUT2D eigenvalue weighted by atomic mass is 9.94. The van der Waals surface area contributed by atoms with Crippen LogP contribution in [0.3, 0.4) is 0 Å². The largest absolute Gasteiger partial charge is 0.322 e. The van der Waals surface area contributed by atoms with Gasteiger partial charge >= 0.3 is 0 Å². The maximum atomic E-state index is 10.5. The standard InChI is InChI=1S/C17H21N3O/c21-20(13-6-2-1-3-7-13)11-17-15-9-5-4-8-14(15)16-10-18-12-19(16)17/h4-5,8-10,12-13,17,21H,1-3,6-7,11H2/t17-/m0/s1. The fourth-order valence-corrected chi connectivity index (χ4v) is 3.82. The lowest BCUT2D eigenvalue weighted by Crippen LogP contribution is -2.37. The Morgan fingerprint density at radius 2 is 2.00 bits per heavy atom. The van der Waals surface area contributed by atoms with Gasteiger partial charge in [-0.2, -0.15) is 5.06 Å². The second-order valence-electron chi connectivity index (χ2n) is 6.20. The summed E-state index contributed by atoms with van der Waals surface area (Å²) in [5.41, 5.74) is 3.70. The monoisotopic (exact) mass is 283 g/mol. The Kier molecular flexibility index (Phi) is 3.28. The third-order valence-electron chi connectivity index (χ3n) is 4.95. The van der Waals surface area contributed by atoms with E-state index in [9.17, 15) is 5.21 Å². The molecule has 4 nitrogen and oxygen atoms in total. The molecule has 0 radical (unpaired) electrons. The van der Waals surface area contributed by atoms with E-state index in [4.69, 9.17) is 0 Å². The van der Waals surface area contributed by atoms with Crippen LogP contribution in [0.25, 0.3) is 11.3 Å². The van der Waals surface area contributed by atoms with Gasteiger partial charge < -0.3 is 9.77 Å². The molecule has 0 amide bonds. The van der Waals surface area contributed by atoms with Crippen LogP contribution in [0, 0.1) is 0 Å². The van der Waals surface area contributed by atoms with Crippen molar-refractivity contribution in [3.8, 4) is 11.3 Å². The highest BCUT2D eigenvalue weighted by Crippen LogP contribution is 2.39. The minimum atomic E-state index is 0.172. The molecule has 1 aromatic carbocycles. The molecule has 21 heavy (non-hydrogen) atoms. The molecular weight excluding hydrogens is 262 g/mol. The number of fused-ring (bicyclic) bond motifs is 3. The van der Waals surface area contributed by atoms with Gasteiger partial charge in [-0.3, -0.25) is 0 Å². The van der Waals surface area contributed by atoms with E-state index in [-0.39, 0.29) is 6.04 Å². The van der Waals surface area contributed by atoms with Gasteiger partial charge in [-0.05, 0) is 18.4 Å². The molecule has 2 aromatic rings. The molecule has 1 fully saturated rings. The molecular formula is C17H21N3O. The van der Waals surface area contributed by atoms with Gasteiger partial charge in [0, 0.05) is 18.2 Å². The zero-order valence-electron chi connectivity index (χ0n) is 12.2. The van der Waals surface area contributed by atoms with Gasteiger partial charge in [-0.25, -0.2) is 4.98 Å². The van der Waals surface area contributed by atoms with Gasteiger partial charge in [0.2, 0.25) is 0 Å². The molecule has 0 bridgehead atoms. The first-order valence-corrected chi connectivity index (χ1v) is 7.91. The molecule has 2 aliphatic rings. The molecule has 0 saturated heterocycles. The topological polar surface area (TPSA) is 41.3 Å². The number of imidazole rings is 1. The van der Waals surface area contributed by atoms with Crippen LogP contribution < -0.4 is 0 Å². The van der Waals surface area contributed by atoms with E-state index in [1.807, 2.05) is 12.5 Å². The Labute approximate surface area is 125 Å². The van der Waals surface area contributed by atoms with Gasteiger partial charge in [0.05, 0.1) is 24.3 Å². The van der Waals surface area contributed by atoms with Crippen molar-refractivity contribution in [3.63, 3.8) is 0 Å². The summed E-state index contributed by atoms with van der Waals surface area (Å²) >= 11 is 0. The van der Waals surface area contributed by atoms with Gasteiger partial charge in [-0.1, -0.05) is 43.5 Å². The second kappa shape index (κ2) is 5.28. The predicted molar refractivity (Wildman–Crippen MR) is 81.2 cm³/mol. The highest BCUT2D eigenvalue weighted by molar-refractivity contribution is 5.68. The van der Waals surface area contributed by atoms with Crippen LogP contribution in [-0.4, -0.2) is 32.4 Å². The molecule has 4 rings (SSSR count). The van der Waals surface area contributed by atoms with E-state index in [1.54, 1.807) is 5.06 Å². The van der Waals surface area contributed by atoms with Crippen molar-refractivity contribution >= 4 is 0 Å². The van der Waals surface area contributed by atoms with E-state index in [0.717, 1.165) is 18.5 Å². The molecule has 0 unspecified atom stereocenters. The Bertz CT molecular complexity index is 630. The normalized spacial score (nSPS) is 21.5. The Balaban J connectivity index is 1.60. The van der Waals surface area contributed by atoms with Crippen LogP contribution in [0.4, 0.5) is 0 Å². The first kappa shape index (κ1) is 13.0. The minimum Gasteiger partial charge on any atom is -0.322 e. The first-order chi connectivity index (χ1) is 10.3. The molecule has 4 heteroatoms. The SMILES string of the molecule is ON(C[C@H]1c2ccccc2-c2cncn21)C1CCCCC1. The molecule has 1 N–H and O–H groups in total. The summed E-state index contributed by atoms with van der Waals surface area (Å²) in [6.07, 6.45) is 9.81. The number of rotatable bonds is 3. The summed E-state index contributed by atoms with van der Waals surface area (Å²) in [7, 11) is 0. The second-order valence-corrected chi connectivity index (χ2v) is 6.20. The lowest BCUT2D eigenvalue weighted by Gasteiger charge is -2.31. The van der Waals surface area contributed by atoms with E-state index in [0.29, 0.717) is 12.6 Å². The summed E-state index contributed by atoms with van der Waals surface area (Å²) in [6.45, 7) is 0.644. The number of nitrogens with zero attached hydrogens (tertiary/aromatic N) is 3. The minimum absolute atomic E-state index is 0.172.